The quantitative estimate of drug-likeness (QED) is 0.360. The normalized spacial score (nSPS) is 23.9. The average Bonchev–Trinajstić information content (AvgIpc) is 3.52. The van der Waals surface area contributed by atoms with Crippen LogP contribution in [0.3, 0.4) is 0 Å². The van der Waals surface area contributed by atoms with Crippen LogP contribution in [0.25, 0.3) is 0 Å². The molecule has 2 bridgehead atoms. The van der Waals surface area contributed by atoms with Gasteiger partial charge in [-0.3, -0.25) is 19.3 Å². The molecule has 1 saturated heterocycles. The number of carbonyl (C=O) groups excluding carboxylic acids is 4. The maximum Gasteiger partial charge on any atom is 0.338 e. The summed E-state index contributed by atoms with van der Waals surface area (Å²) in [5.74, 6) is -0.946. The summed E-state index contributed by atoms with van der Waals surface area (Å²) < 4.78 is 15.5. The van der Waals surface area contributed by atoms with E-state index in [9.17, 15) is 19.2 Å². The molecule has 36 heavy (non-hydrogen) atoms. The third kappa shape index (κ3) is 3.90. The molecule has 0 unspecified atom stereocenters. The number of benzene rings is 2. The Morgan fingerprint density at radius 2 is 1.72 bits per heavy atom. The van der Waals surface area contributed by atoms with Crippen LogP contribution in [-0.2, 0) is 19.1 Å². The van der Waals surface area contributed by atoms with Crippen LogP contribution in [0.5, 0.6) is 11.5 Å². The summed E-state index contributed by atoms with van der Waals surface area (Å²) in [6, 6.07) is 11.0. The number of allylic oxidation sites excluding steroid dienone is 2. The summed E-state index contributed by atoms with van der Waals surface area (Å²) in [7, 11) is 2.98. The van der Waals surface area contributed by atoms with Crippen LogP contribution in [0.1, 0.15) is 23.7 Å². The Bertz CT molecular complexity index is 1280. The Morgan fingerprint density at radius 1 is 1.00 bits per heavy atom. The predicted molar refractivity (Wildman–Crippen MR) is 130 cm³/mol. The average molecular weight is 491 g/mol. The van der Waals surface area contributed by atoms with Gasteiger partial charge in [0.1, 0.15) is 11.5 Å². The number of anilines is 2. The number of amides is 3. The second-order valence-electron chi connectivity index (χ2n) is 9.22. The van der Waals surface area contributed by atoms with E-state index in [1.807, 2.05) is 6.92 Å². The topological polar surface area (TPSA) is 111 Å². The lowest BCUT2D eigenvalue weighted by Crippen LogP contribution is -2.33. The number of nitrogens with one attached hydrogen (secondary N) is 1. The van der Waals surface area contributed by atoms with Crippen LogP contribution in [0.4, 0.5) is 11.4 Å². The Hall–Kier alpha value is -4.14. The van der Waals surface area contributed by atoms with Gasteiger partial charge in [-0.2, -0.15) is 0 Å². The van der Waals surface area contributed by atoms with Crippen molar-refractivity contribution < 1.29 is 33.4 Å². The Morgan fingerprint density at radius 3 is 2.42 bits per heavy atom. The summed E-state index contributed by atoms with van der Waals surface area (Å²) in [5.41, 5.74) is 2.23. The zero-order chi connectivity index (χ0) is 25.6. The summed E-state index contributed by atoms with van der Waals surface area (Å²) in [6.45, 7) is 1.52. The predicted octanol–water partition coefficient (Wildman–Crippen LogP) is 3.20. The van der Waals surface area contributed by atoms with Crippen LogP contribution in [0.15, 0.2) is 54.1 Å². The van der Waals surface area contributed by atoms with Crippen LogP contribution in [-0.4, -0.2) is 44.5 Å². The van der Waals surface area contributed by atoms with Gasteiger partial charge in [0, 0.05) is 6.07 Å². The van der Waals surface area contributed by atoms with E-state index in [2.05, 4.69) is 11.4 Å². The lowest BCUT2D eigenvalue weighted by atomic mass is 9.82. The van der Waals surface area contributed by atoms with E-state index in [-0.39, 0.29) is 41.0 Å². The first-order valence-electron chi connectivity index (χ1n) is 11.7. The first-order valence-corrected chi connectivity index (χ1v) is 11.7. The first-order chi connectivity index (χ1) is 17.3. The van der Waals surface area contributed by atoms with Crippen molar-refractivity contribution in [2.75, 3.05) is 31.0 Å². The Balaban J connectivity index is 1.20. The van der Waals surface area contributed by atoms with Gasteiger partial charge in [0.25, 0.3) is 5.91 Å². The van der Waals surface area contributed by atoms with E-state index in [1.54, 1.807) is 30.3 Å². The summed E-state index contributed by atoms with van der Waals surface area (Å²) in [5, 5.41) is 2.63. The molecule has 1 saturated carbocycles. The maximum atomic E-state index is 13.1. The number of ether oxygens (including phenoxy) is 3. The molecule has 2 fully saturated rings. The van der Waals surface area contributed by atoms with Crippen molar-refractivity contribution in [2.24, 2.45) is 23.7 Å². The summed E-state index contributed by atoms with van der Waals surface area (Å²) >= 11 is 0. The molecule has 2 aromatic carbocycles. The van der Waals surface area contributed by atoms with Crippen molar-refractivity contribution in [1.29, 1.82) is 0 Å². The molecular weight excluding hydrogens is 464 g/mol. The molecule has 5 rings (SSSR count). The number of hydrogen-bond acceptors (Lipinski definition) is 7. The van der Waals surface area contributed by atoms with Crippen LogP contribution in [0, 0.1) is 23.7 Å². The molecule has 1 aliphatic heterocycles. The minimum Gasteiger partial charge on any atom is -0.497 e. The monoisotopic (exact) mass is 490 g/mol. The van der Waals surface area contributed by atoms with Gasteiger partial charge in [-0.05, 0) is 61.6 Å². The van der Waals surface area contributed by atoms with Crippen LogP contribution in [0.2, 0.25) is 0 Å². The molecule has 1 N–H and O–H groups in total. The highest BCUT2D eigenvalue weighted by Crippen LogP contribution is 2.55. The van der Waals surface area contributed by atoms with Crippen molar-refractivity contribution in [3.63, 3.8) is 0 Å². The highest BCUT2D eigenvalue weighted by molar-refractivity contribution is 6.23. The number of methoxy groups -OCH3 is 2. The largest absolute Gasteiger partial charge is 0.497 e. The first kappa shape index (κ1) is 23.6. The summed E-state index contributed by atoms with van der Waals surface area (Å²) in [6.07, 6.45) is 3.00. The smallest absolute Gasteiger partial charge is 0.338 e. The van der Waals surface area contributed by atoms with Crippen molar-refractivity contribution >= 4 is 35.1 Å². The maximum absolute atomic E-state index is 13.1. The molecule has 0 radical (unpaired) electrons. The molecule has 1 heterocycles. The van der Waals surface area contributed by atoms with E-state index in [0.29, 0.717) is 22.9 Å². The van der Waals surface area contributed by atoms with Crippen LogP contribution < -0.4 is 19.7 Å². The van der Waals surface area contributed by atoms with E-state index in [4.69, 9.17) is 14.2 Å². The van der Waals surface area contributed by atoms with E-state index in [0.717, 1.165) is 6.42 Å². The number of esters is 1. The zero-order valence-corrected chi connectivity index (χ0v) is 20.1. The molecule has 2 aromatic rings. The Kier molecular flexibility index (Phi) is 5.99. The van der Waals surface area contributed by atoms with Crippen molar-refractivity contribution in [1.82, 2.24) is 0 Å². The number of hydrogen-bond donors (Lipinski definition) is 1. The van der Waals surface area contributed by atoms with Crippen LogP contribution >= 0.6 is 0 Å². The minimum absolute atomic E-state index is 0.125. The molecule has 9 nitrogen and oxygen atoms in total. The zero-order valence-electron chi connectivity index (χ0n) is 20.1. The lowest BCUT2D eigenvalue weighted by Gasteiger charge is -2.19. The molecule has 3 aliphatic rings. The molecule has 2 aliphatic carbocycles. The number of fused-ring (bicyclic) bond motifs is 5. The van der Waals surface area contributed by atoms with Gasteiger partial charge in [0.05, 0.1) is 43.0 Å². The number of carbonyl (C=O) groups is 4. The number of rotatable bonds is 7. The van der Waals surface area contributed by atoms with Gasteiger partial charge in [0.15, 0.2) is 6.61 Å². The SMILES string of the molecule is COc1ccc(NC(=O)COC(=O)c2ccc(N3C(=O)[C@@H]4[C@H](C3=O)[C@H]3C=C(C)[C@H]4C3)cc2)c(OC)c1. The Labute approximate surface area is 208 Å². The van der Waals surface area contributed by atoms with Gasteiger partial charge in [-0.25, -0.2) is 4.79 Å². The highest BCUT2D eigenvalue weighted by atomic mass is 16.5. The highest BCUT2D eigenvalue weighted by Gasteiger charge is 2.60. The lowest BCUT2D eigenvalue weighted by molar-refractivity contribution is -0.123. The molecule has 4 atom stereocenters. The fourth-order valence-corrected chi connectivity index (χ4v) is 5.58. The second-order valence-corrected chi connectivity index (χ2v) is 9.22. The van der Waals surface area contributed by atoms with Gasteiger partial charge in [0.2, 0.25) is 11.8 Å². The third-order valence-electron chi connectivity index (χ3n) is 7.26. The van der Waals surface area contributed by atoms with Gasteiger partial charge >= 0.3 is 5.97 Å². The fraction of sp³-hybridized carbons (Fsp3) is 0.333. The van der Waals surface area contributed by atoms with Crippen molar-refractivity contribution in [3.8, 4) is 11.5 Å². The molecular formula is C27H26N2O7. The second kappa shape index (κ2) is 9.14. The molecule has 186 valence electrons. The van der Waals surface area contributed by atoms with E-state index in [1.165, 1.54) is 36.8 Å². The molecule has 9 heteroatoms. The number of nitrogens with zero attached hydrogens (tertiary/aromatic N) is 1. The summed E-state index contributed by atoms with van der Waals surface area (Å²) in [4.78, 5) is 52.1. The van der Waals surface area contributed by atoms with Crippen molar-refractivity contribution in [2.45, 2.75) is 13.3 Å². The van der Waals surface area contributed by atoms with Crippen molar-refractivity contribution in [3.05, 3.63) is 59.7 Å². The standard InChI is InChI=1S/C27H26N2O7/c1-14-10-16-11-19(14)24-23(16)25(31)29(26(24)32)17-6-4-15(5-7-17)27(33)36-13-22(30)28-20-9-8-18(34-2)12-21(20)35-3/h4-10,12,16,19,23-24H,11,13H2,1-3H3,(H,28,30)/t16-,19+,23+,24-/m0/s1. The third-order valence-corrected chi connectivity index (χ3v) is 7.26. The van der Waals surface area contributed by atoms with E-state index < -0.39 is 18.5 Å². The molecule has 0 spiro atoms. The van der Waals surface area contributed by atoms with Gasteiger partial charge < -0.3 is 19.5 Å². The van der Waals surface area contributed by atoms with Gasteiger partial charge in [-0.1, -0.05) is 11.6 Å². The van der Waals surface area contributed by atoms with E-state index >= 15 is 0 Å². The molecule has 0 aromatic heterocycles. The molecule has 3 amide bonds. The van der Waals surface area contributed by atoms with Gasteiger partial charge in [-0.15, -0.1) is 0 Å². The number of imide groups is 1. The minimum atomic E-state index is -0.702. The fourth-order valence-electron chi connectivity index (χ4n) is 5.58.